The Morgan fingerprint density at radius 2 is 2.00 bits per heavy atom. The number of rotatable bonds is 8. The molecule has 14 heteroatoms. The number of benzene rings is 2. The Balaban J connectivity index is 1.80. The molecule has 35 heavy (non-hydrogen) atoms. The number of halogens is 3. The van der Waals surface area contributed by atoms with Crippen molar-refractivity contribution in [1.82, 2.24) is 25.1 Å². The molecule has 4 aromatic rings. The van der Waals surface area contributed by atoms with Gasteiger partial charge in [-0.2, -0.15) is 5.10 Å². The van der Waals surface area contributed by atoms with Gasteiger partial charge in [0.15, 0.2) is 16.9 Å². The van der Waals surface area contributed by atoms with Crippen LogP contribution >= 0.6 is 0 Å². The second-order valence-corrected chi connectivity index (χ2v) is 8.30. The van der Waals surface area contributed by atoms with Gasteiger partial charge in [-0.15, -0.1) is 0 Å². The summed E-state index contributed by atoms with van der Waals surface area (Å²) in [6.45, 7) is -0.981. The lowest BCUT2D eigenvalue weighted by Crippen LogP contribution is -2.40. The number of amides is 1. The number of likely N-dealkylation sites (N-methyl/N-ethyl adjacent to an activating group) is 1. The minimum absolute atomic E-state index is 0.0593. The fourth-order valence-corrected chi connectivity index (χ4v) is 4.14. The first kappa shape index (κ1) is 24.3. The maximum Gasteiger partial charge on any atom is 0.276 e. The molecule has 0 saturated heterocycles. The van der Waals surface area contributed by atoms with E-state index in [2.05, 4.69) is 20.4 Å². The summed E-state index contributed by atoms with van der Waals surface area (Å²) in [4.78, 5) is 32.3. The Morgan fingerprint density at radius 1 is 1.29 bits per heavy atom. The van der Waals surface area contributed by atoms with Crippen LogP contribution in [0.15, 0.2) is 41.2 Å². The van der Waals surface area contributed by atoms with Crippen molar-refractivity contribution in [3.8, 4) is 5.75 Å². The Bertz CT molecular complexity index is 1510. The normalized spacial score (nSPS) is 13.3. The number of H-pyrrole nitrogens is 1. The molecule has 0 aliphatic carbocycles. The molecule has 2 heterocycles. The average Bonchev–Trinajstić information content (AvgIpc) is 3.20. The molecule has 0 aliphatic rings. The van der Waals surface area contributed by atoms with Crippen molar-refractivity contribution in [2.75, 3.05) is 13.7 Å². The summed E-state index contributed by atoms with van der Waals surface area (Å²) in [6, 6.07) is 8.51. The SMILES string of the molecule is CNC(=O)C(n1nc(Cc2nc3cc(OCC(F)F)c(F)cc3[nH]2)c2ccccc2c1=O)S(=O)[O-]. The van der Waals surface area contributed by atoms with Gasteiger partial charge in [0, 0.05) is 24.6 Å². The van der Waals surface area contributed by atoms with Gasteiger partial charge in [-0.05, 0) is 17.1 Å². The lowest BCUT2D eigenvalue weighted by Gasteiger charge is -2.20. The number of aromatic amines is 1. The van der Waals surface area contributed by atoms with E-state index in [0.717, 1.165) is 6.07 Å². The van der Waals surface area contributed by atoms with Crippen LogP contribution in [0.1, 0.15) is 16.9 Å². The Kier molecular flexibility index (Phi) is 6.84. The number of fused-ring (bicyclic) bond motifs is 2. The third-order valence-electron chi connectivity index (χ3n) is 5.06. The van der Waals surface area contributed by atoms with E-state index < -0.39 is 46.8 Å². The number of alkyl halides is 2. The van der Waals surface area contributed by atoms with Crippen molar-refractivity contribution in [3.05, 3.63) is 64.1 Å². The molecule has 2 aromatic carbocycles. The molecule has 2 unspecified atom stereocenters. The summed E-state index contributed by atoms with van der Waals surface area (Å²) >= 11 is -3.01. The van der Waals surface area contributed by atoms with Crippen LogP contribution in [0.25, 0.3) is 21.8 Å². The first-order valence-electron chi connectivity index (χ1n) is 10.1. The predicted molar refractivity (Wildman–Crippen MR) is 118 cm³/mol. The zero-order valence-electron chi connectivity index (χ0n) is 18.0. The van der Waals surface area contributed by atoms with Gasteiger partial charge in [0.05, 0.1) is 28.5 Å². The molecule has 184 valence electrons. The molecule has 2 atom stereocenters. The third kappa shape index (κ3) is 4.88. The largest absolute Gasteiger partial charge is 0.770 e. The maximum atomic E-state index is 14.2. The minimum Gasteiger partial charge on any atom is -0.770 e. The van der Waals surface area contributed by atoms with Crippen LogP contribution in [-0.2, 0) is 22.3 Å². The standard InChI is InChI=1S/C21H18F3N5O5S/c1-25-19(30)21(35(32)33)29-20(31)11-5-3-2-4-10(11)13(28-29)8-18-26-14-6-12(22)16(7-15(14)27-18)34-9-17(23)24/h2-7,17,21H,8-9H2,1H3,(H,25,30)(H,26,27)(H,32,33)/p-1. The quantitative estimate of drug-likeness (QED) is 0.346. The van der Waals surface area contributed by atoms with Crippen molar-refractivity contribution < 1.29 is 31.5 Å². The highest BCUT2D eigenvalue weighted by molar-refractivity contribution is 7.80. The van der Waals surface area contributed by atoms with Crippen molar-refractivity contribution in [3.63, 3.8) is 0 Å². The monoisotopic (exact) mass is 508 g/mol. The van der Waals surface area contributed by atoms with Crippen LogP contribution in [0.2, 0.25) is 0 Å². The van der Waals surface area contributed by atoms with E-state index in [9.17, 15) is 31.5 Å². The van der Waals surface area contributed by atoms with Crippen LogP contribution in [0.3, 0.4) is 0 Å². The number of hydrogen-bond acceptors (Lipinski definition) is 7. The summed E-state index contributed by atoms with van der Waals surface area (Å²) in [6.07, 6.45) is -2.84. The first-order chi connectivity index (χ1) is 16.7. The van der Waals surface area contributed by atoms with Crippen LogP contribution in [0.5, 0.6) is 5.75 Å². The van der Waals surface area contributed by atoms with E-state index in [4.69, 9.17) is 4.74 Å². The zero-order chi connectivity index (χ0) is 25.3. The highest BCUT2D eigenvalue weighted by atomic mass is 32.2. The number of nitrogens with zero attached hydrogens (tertiary/aromatic N) is 3. The fraction of sp³-hybridized carbons (Fsp3) is 0.238. The third-order valence-corrected chi connectivity index (χ3v) is 5.84. The average molecular weight is 508 g/mol. The van der Waals surface area contributed by atoms with E-state index >= 15 is 0 Å². The summed E-state index contributed by atoms with van der Waals surface area (Å²) in [5.74, 6) is -1.95. The van der Waals surface area contributed by atoms with E-state index in [-0.39, 0.29) is 40.1 Å². The van der Waals surface area contributed by atoms with Gasteiger partial charge in [-0.3, -0.25) is 13.8 Å². The molecule has 0 radical (unpaired) electrons. The molecule has 2 aromatic heterocycles. The molecule has 1 amide bonds. The molecule has 0 spiro atoms. The van der Waals surface area contributed by atoms with Crippen LogP contribution in [0.4, 0.5) is 13.2 Å². The van der Waals surface area contributed by atoms with Crippen molar-refractivity contribution in [2.45, 2.75) is 18.2 Å². The van der Waals surface area contributed by atoms with Crippen LogP contribution in [0, 0.1) is 5.82 Å². The molecule has 0 aliphatic heterocycles. The predicted octanol–water partition coefficient (Wildman–Crippen LogP) is 1.77. The van der Waals surface area contributed by atoms with E-state index in [1.165, 1.54) is 19.2 Å². The van der Waals surface area contributed by atoms with Gasteiger partial charge < -0.3 is 19.6 Å². The molecular formula is C21H17F3N5O5S-. The fourth-order valence-electron chi connectivity index (χ4n) is 3.54. The smallest absolute Gasteiger partial charge is 0.276 e. The Hall–Kier alpha value is -3.78. The molecule has 2 N–H and O–H groups in total. The number of carbonyl (C=O) groups excluding carboxylic acids is 1. The highest BCUT2D eigenvalue weighted by Crippen LogP contribution is 2.25. The number of hydrogen-bond donors (Lipinski definition) is 2. The van der Waals surface area contributed by atoms with Crippen LogP contribution in [-0.4, -0.2) is 54.5 Å². The van der Waals surface area contributed by atoms with E-state index in [0.29, 0.717) is 10.1 Å². The van der Waals surface area contributed by atoms with Crippen LogP contribution < -0.4 is 15.6 Å². The number of nitrogens with one attached hydrogen (secondary N) is 2. The molecule has 0 saturated carbocycles. The van der Waals surface area contributed by atoms with E-state index in [1.807, 2.05) is 0 Å². The number of carbonyl (C=O) groups is 1. The topological polar surface area (TPSA) is 142 Å². The summed E-state index contributed by atoms with van der Waals surface area (Å²) < 4.78 is 67.9. The number of aromatic nitrogens is 4. The van der Waals surface area contributed by atoms with Gasteiger partial charge in [-0.25, -0.2) is 22.8 Å². The Morgan fingerprint density at radius 3 is 2.66 bits per heavy atom. The van der Waals surface area contributed by atoms with Crippen molar-refractivity contribution >= 4 is 38.8 Å². The zero-order valence-corrected chi connectivity index (χ0v) is 18.8. The second kappa shape index (κ2) is 9.84. The first-order valence-corrected chi connectivity index (χ1v) is 11.2. The Labute approximate surface area is 197 Å². The van der Waals surface area contributed by atoms with Gasteiger partial charge in [-0.1, -0.05) is 18.2 Å². The van der Waals surface area contributed by atoms with Gasteiger partial charge >= 0.3 is 0 Å². The number of ether oxygens (including phenoxy) is 1. The molecular weight excluding hydrogens is 491 g/mol. The molecule has 4 rings (SSSR count). The molecule has 0 fully saturated rings. The summed E-state index contributed by atoms with van der Waals surface area (Å²) in [5.41, 5.74) is -0.0847. The molecule has 10 nitrogen and oxygen atoms in total. The number of imidazole rings is 1. The van der Waals surface area contributed by atoms with E-state index in [1.54, 1.807) is 18.2 Å². The van der Waals surface area contributed by atoms with Crippen molar-refractivity contribution in [2.24, 2.45) is 0 Å². The highest BCUT2D eigenvalue weighted by Gasteiger charge is 2.25. The maximum absolute atomic E-state index is 14.2. The lowest BCUT2D eigenvalue weighted by molar-refractivity contribution is -0.121. The summed E-state index contributed by atoms with van der Waals surface area (Å²) in [7, 11) is 1.22. The van der Waals surface area contributed by atoms with Gasteiger partial charge in [0.2, 0.25) is 0 Å². The second-order valence-electron chi connectivity index (χ2n) is 7.33. The summed E-state index contributed by atoms with van der Waals surface area (Å²) in [5, 5.41) is 4.96. The van der Waals surface area contributed by atoms with Crippen molar-refractivity contribution in [1.29, 1.82) is 0 Å². The minimum atomic E-state index is -3.01. The molecule has 0 bridgehead atoms. The van der Waals surface area contributed by atoms with Gasteiger partial charge in [0.1, 0.15) is 12.4 Å². The van der Waals surface area contributed by atoms with Gasteiger partial charge in [0.25, 0.3) is 17.9 Å². The lowest BCUT2D eigenvalue weighted by atomic mass is 10.1.